The van der Waals surface area contributed by atoms with Crippen LogP contribution in [-0.2, 0) is 14.4 Å². The minimum atomic E-state index is -0.673. The van der Waals surface area contributed by atoms with Crippen LogP contribution in [0, 0.1) is 33.8 Å². The maximum Gasteiger partial charge on any atom is 0.273 e. The third kappa shape index (κ3) is 2.35. The van der Waals surface area contributed by atoms with E-state index in [1.165, 1.54) is 6.07 Å². The molecule has 0 radical (unpaired) electrons. The van der Waals surface area contributed by atoms with Crippen molar-refractivity contribution in [3.8, 4) is 5.75 Å². The number of hydrogen-bond donors (Lipinski definition) is 2. The summed E-state index contributed by atoms with van der Waals surface area (Å²) in [7, 11) is 0. The van der Waals surface area contributed by atoms with Crippen LogP contribution in [0.4, 0.5) is 11.4 Å². The van der Waals surface area contributed by atoms with E-state index in [0.29, 0.717) is 0 Å². The molecule has 2 aliphatic carbocycles. The molecule has 4 rings (SSSR count). The largest absolute Gasteiger partial charge is 0.506 e. The zero-order chi connectivity index (χ0) is 18.6. The second kappa shape index (κ2) is 5.65. The highest BCUT2D eigenvalue weighted by molar-refractivity contribution is 6.09. The van der Waals surface area contributed by atoms with Gasteiger partial charge in [0, 0.05) is 6.07 Å². The van der Waals surface area contributed by atoms with Gasteiger partial charge in [-0.3, -0.25) is 29.4 Å². The number of allylic oxidation sites excluding steroid dienone is 2. The number of nitro benzene ring substituents is 1. The topological polar surface area (TPSA) is 130 Å². The Kier molecular flexibility index (Phi) is 3.53. The average Bonchev–Trinajstić information content (AvgIpc) is 3.26. The lowest BCUT2D eigenvalue weighted by Gasteiger charge is -2.17. The Morgan fingerprint density at radius 2 is 1.85 bits per heavy atom. The highest BCUT2D eigenvalue weighted by Gasteiger charge is 2.59. The number of anilines is 1. The van der Waals surface area contributed by atoms with E-state index in [-0.39, 0.29) is 46.9 Å². The number of hydrogen-bond acceptors (Lipinski definition) is 6. The number of rotatable bonds is 4. The fourth-order valence-corrected chi connectivity index (χ4v) is 4.19. The number of fused-ring (bicyclic) bond motifs is 5. The molecular formula is C17H15N3O6. The molecule has 4 atom stereocenters. The zero-order valence-corrected chi connectivity index (χ0v) is 13.5. The third-order valence-corrected chi connectivity index (χ3v) is 5.33. The maximum atomic E-state index is 12.5. The first-order valence-corrected chi connectivity index (χ1v) is 8.17. The van der Waals surface area contributed by atoms with Crippen LogP contribution in [-0.4, -0.2) is 39.2 Å². The minimum Gasteiger partial charge on any atom is -0.506 e. The molecule has 3 amide bonds. The number of nitro groups is 1. The predicted molar refractivity (Wildman–Crippen MR) is 87.8 cm³/mol. The van der Waals surface area contributed by atoms with Gasteiger partial charge >= 0.3 is 0 Å². The van der Waals surface area contributed by atoms with Crippen molar-refractivity contribution in [2.75, 3.05) is 11.9 Å². The number of phenols is 1. The summed E-state index contributed by atoms with van der Waals surface area (Å²) in [6.07, 6.45) is 4.74. The number of nitrogens with one attached hydrogen (secondary N) is 1. The number of nitrogens with zero attached hydrogens (tertiary/aromatic N) is 2. The first kappa shape index (κ1) is 16.2. The third-order valence-electron chi connectivity index (χ3n) is 5.33. The molecule has 0 unspecified atom stereocenters. The number of carbonyl (C=O) groups is 3. The van der Waals surface area contributed by atoms with E-state index in [1.54, 1.807) is 0 Å². The lowest BCUT2D eigenvalue weighted by atomic mass is 9.85. The SMILES string of the molecule is O=C(CN1C(=O)[C@@H]2[C@H](C1=O)[C@H]1C=C[C@H]2C1)Nc1ccc([N+](=O)[O-])cc1O. The minimum absolute atomic E-state index is 0.0263. The van der Waals surface area contributed by atoms with E-state index >= 15 is 0 Å². The number of carbonyl (C=O) groups excluding carboxylic acids is 3. The molecular weight excluding hydrogens is 342 g/mol. The number of imide groups is 1. The first-order valence-electron chi connectivity index (χ1n) is 8.17. The van der Waals surface area contributed by atoms with Crippen molar-refractivity contribution >= 4 is 29.1 Å². The Labute approximate surface area is 147 Å². The molecule has 2 N–H and O–H groups in total. The summed E-state index contributed by atoms with van der Waals surface area (Å²) in [5, 5.41) is 22.8. The van der Waals surface area contributed by atoms with Gasteiger partial charge in [0.1, 0.15) is 12.3 Å². The highest BCUT2D eigenvalue weighted by Crippen LogP contribution is 2.52. The Morgan fingerprint density at radius 3 is 2.38 bits per heavy atom. The van der Waals surface area contributed by atoms with Crippen LogP contribution in [0.2, 0.25) is 0 Å². The fourth-order valence-electron chi connectivity index (χ4n) is 4.19. The number of amides is 3. The van der Waals surface area contributed by atoms with Gasteiger partial charge in [0.25, 0.3) is 5.69 Å². The number of non-ortho nitro benzene ring substituents is 1. The number of benzene rings is 1. The predicted octanol–water partition coefficient (Wildman–Crippen LogP) is 1.05. The van der Waals surface area contributed by atoms with Crippen molar-refractivity contribution in [1.29, 1.82) is 0 Å². The molecule has 0 aromatic heterocycles. The molecule has 1 aromatic rings. The lowest BCUT2D eigenvalue weighted by Crippen LogP contribution is -2.39. The van der Waals surface area contributed by atoms with Gasteiger partial charge in [0.15, 0.2) is 0 Å². The Balaban J connectivity index is 1.45. The summed E-state index contributed by atoms with van der Waals surface area (Å²) in [4.78, 5) is 48.2. The van der Waals surface area contributed by atoms with Gasteiger partial charge in [0.2, 0.25) is 17.7 Å². The summed E-state index contributed by atoms with van der Waals surface area (Å²) in [6, 6.07) is 3.24. The molecule has 2 fully saturated rings. The van der Waals surface area contributed by atoms with E-state index in [2.05, 4.69) is 5.32 Å². The van der Waals surface area contributed by atoms with Crippen LogP contribution < -0.4 is 5.32 Å². The maximum absolute atomic E-state index is 12.5. The molecule has 1 aliphatic heterocycles. The average molecular weight is 357 g/mol. The Hall–Kier alpha value is -3.23. The van der Waals surface area contributed by atoms with Crippen molar-refractivity contribution in [1.82, 2.24) is 4.90 Å². The van der Waals surface area contributed by atoms with E-state index in [0.717, 1.165) is 23.5 Å². The van der Waals surface area contributed by atoms with Crippen molar-refractivity contribution in [2.24, 2.45) is 23.7 Å². The molecule has 134 valence electrons. The first-order chi connectivity index (χ1) is 12.4. The quantitative estimate of drug-likeness (QED) is 0.272. The molecule has 9 heteroatoms. The van der Waals surface area contributed by atoms with Crippen LogP contribution in [0.1, 0.15) is 6.42 Å². The van der Waals surface area contributed by atoms with Crippen LogP contribution in [0.3, 0.4) is 0 Å². The van der Waals surface area contributed by atoms with Crippen LogP contribution in [0.5, 0.6) is 5.75 Å². The summed E-state index contributed by atoms with van der Waals surface area (Å²) < 4.78 is 0. The van der Waals surface area contributed by atoms with Crippen molar-refractivity contribution in [2.45, 2.75) is 6.42 Å². The zero-order valence-electron chi connectivity index (χ0n) is 13.5. The summed E-state index contributed by atoms with van der Waals surface area (Å²) in [5.74, 6) is -2.42. The summed E-state index contributed by atoms with van der Waals surface area (Å²) in [6.45, 7) is -0.444. The van der Waals surface area contributed by atoms with E-state index in [4.69, 9.17) is 0 Å². The highest BCUT2D eigenvalue weighted by atomic mass is 16.6. The standard InChI is InChI=1S/C17H15N3O6/c21-12-6-10(20(25)26)3-4-11(12)18-13(22)7-19-16(23)14-8-1-2-9(5-8)15(14)17(19)24/h1-4,6,8-9,14-15,21H,5,7H2,(H,18,22)/t8-,9-,14-,15+/m0/s1. The molecule has 26 heavy (non-hydrogen) atoms. The normalized spacial score (nSPS) is 28.5. The summed E-state index contributed by atoms with van der Waals surface area (Å²) >= 11 is 0. The fraction of sp³-hybridized carbons (Fsp3) is 0.353. The van der Waals surface area contributed by atoms with Gasteiger partial charge < -0.3 is 10.4 Å². The van der Waals surface area contributed by atoms with Gasteiger partial charge in [-0.2, -0.15) is 0 Å². The lowest BCUT2D eigenvalue weighted by molar-refractivity contribution is -0.384. The monoisotopic (exact) mass is 357 g/mol. The summed E-state index contributed by atoms with van der Waals surface area (Å²) in [5.41, 5.74) is -0.345. The van der Waals surface area contributed by atoms with Crippen molar-refractivity contribution in [3.63, 3.8) is 0 Å². The second-order valence-electron chi connectivity index (χ2n) is 6.77. The number of aromatic hydroxyl groups is 1. The smallest absolute Gasteiger partial charge is 0.273 e. The van der Waals surface area contributed by atoms with E-state index < -0.39 is 23.1 Å². The molecule has 3 aliphatic rings. The van der Waals surface area contributed by atoms with Gasteiger partial charge in [-0.15, -0.1) is 0 Å². The molecule has 2 bridgehead atoms. The molecule has 0 spiro atoms. The second-order valence-corrected chi connectivity index (χ2v) is 6.77. The van der Waals surface area contributed by atoms with Crippen LogP contribution in [0.15, 0.2) is 30.4 Å². The Morgan fingerprint density at radius 1 is 1.23 bits per heavy atom. The van der Waals surface area contributed by atoms with Gasteiger partial charge in [0.05, 0.1) is 28.5 Å². The molecule has 1 saturated carbocycles. The van der Waals surface area contributed by atoms with E-state index in [9.17, 15) is 29.6 Å². The van der Waals surface area contributed by atoms with Gasteiger partial charge in [-0.25, -0.2) is 0 Å². The Bertz CT molecular complexity index is 849. The van der Waals surface area contributed by atoms with Gasteiger partial charge in [-0.1, -0.05) is 12.2 Å². The van der Waals surface area contributed by atoms with E-state index in [1.807, 2.05) is 12.2 Å². The van der Waals surface area contributed by atoms with Crippen LogP contribution in [0.25, 0.3) is 0 Å². The van der Waals surface area contributed by atoms with Crippen molar-refractivity contribution < 1.29 is 24.4 Å². The molecule has 9 nitrogen and oxygen atoms in total. The van der Waals surface area contributed by atoms with Crippen LogP contribution >= 0.6 is 0 Å². The molecule has 1 aromatic carbocycles. The molecule has 1 heterocycles. The number of likely N-dealkylation sites (tertiary alicyclic amines) is 1. The van der Waals surface area contributed by atoms with Crippen molar-refractivity contribution in [3.05, 3.63) is 40.5 Å². The molecule has 1 saturated heterocycles. The van der Waals surface area contributed by atoms with Gasteiger partial charge in [-0.05, 0) is 24.3 Å². The number of phenolic OH excluding ortho intramolecular Hbond substituents is 1.